The van der Waals surface area contributed by atoms with E-state index >= 15 is 0 Å². The molecule has 1 aliphatic rings. The number of aliphatic hydroxyl groups excluding tert-OH is 1. The number of nitrogens with zero attached hydrogens (tertiary/aromatic N) is 2. The number of benzene rings is 1. The van der Waals surface area contributed by atoms with Gasteiger partial charge in [-0.3, -0.25) is 9.69 Å². The van der Waals surface area contributed by atoms with Crippen molar-refractivity contribution in [2.45, 2.75) is 19.9 Å². The van der Waals surface area contributed by atoms with Crippen molar-refractivity contribution >= 4 is 5.91 Å². The van der Waals surface area contributed by atoms with E-state index in [-0.39, 0.29) is 12.5 Å². The molecule has 1 unspecified atom stereocenters. The normalized spacial score (nSPS) is 18.4. The van der Waals surface area contributed by atoms with Gasteiger partial charge in [0.25, 0.3) is 0 Å². The van der Waals surface area contributed by atoms with Crippen molar-refractivity contribution in [2.24, 2.45) is 5.92 Å². The molecule has 1 heterocycles. The van der Waals surface area contributed by atoms with Crippen LogP contribution < -0.4 is 4.74 Å². The number of aliphatic hydroxyl groups is 1. The van der Waals surface area contributed by atoms with E-state index in [1.807, 2.05) is 38.2 Å². The van der Waals surface area contributed by atoms with Crippen LogP contribution in [-0.2, 0) is 11.3 Å². The summed E-state index contributed by atoms with van der Waals surface area (Å²) in [4.78, 5) is 16.1. The average molecular weight is 306 g/mol. The smallest absolute Gasteiger partial charge is 0.236 e. The van der Waals surface area contributed by atoms with Gasteiger partial charge in [0, 0.05) is 26.7 Å². The van der Waals surface area contributed by atoms with Crippen LogP contribution in [0.15, 0.2) is 24.3 Å². The van der Waals surface area contributed by atoms with Crippen LogP contribution in [0, 0.1) is 5.92 Å². The SMILES string of the molecule is CCOc1ccc(CN(C)C(=O)CN2CCC(CO)C2)cc1. The zero-order valence-corrected chi connectivity index (χ0v) is 13.5. The van der Waals surface area contributed by atoms with Crippen molar-refractivity contribution in [1.82, 2.24) is 9.80 Å². The molecule has 1 saturated heterocycles. The lowest BCUT2D eigenvalue weighted by atomic mass is 10.1. The van der Waals surface area contributed by atoms with E-state index in [0.29, 0.717) is 25.6 Å². The van der Waals surface area contributed by atoms with Crippen molar-refractivity contribution in [3.8, 4) is 5.75 Å². The summed E-state index contributed by atoms with van der Waals surface area (Å²) >= 11 is 0. The summed E-state index contributed by atoms with van der Waals surface area (Å²) in [5, 5.41) is 9.15. The number of carbonyl (C=O) groups is 1. The highest BCUT2D eigenvalue weighted by atomic mass is 16.5. The first kappa shape index (κ1) is 16.8. The molecule has 0 bridgehead atoms. The van der Waals surface area contributed by atoms with Gasteiger partial charge in [-0.15, -0.1) is 0 Å². The summed E-state index contributed by atoms with van der Waals surface area (Å²) in [7, 11) is 1.83. The molecule has 1 aromatic carbocycles. The van der Waals surface area contributed by atoms with Crippen LogP contribution in [0.25, 0.3) is 0 Å². The molecule has 0 spiro atoms. The Morgan fingerprint density at radius 3 is 2.73 bits per heavy atom. The van der Waals surface area contributed by atoms with Gasteiger partial charge >= 0.3 is 0 Å². The standard InChI is InChI=1S/C17H26N2O3/c1-3-22-16-6-4-14(5-7-16)10-18(2)17(21)12-19-9-8-15(11-19)13-20/h4-7,15,20H,3,8-13H2,1-2H3. The fourth-order valence-electron chi connectivity index (χ4n) is 2.74. The third-order valence-electron chi connectivity index (χ3n) is 4.07. The lowest BCUT2D eigenvalue weighted by Crippen LogP contribution is -2.37. The minimum atomic E-state index is 0.118. The third-order valence-corrected chi connectivity index (χ3v) is 4.07. The molecular formula is C17H26N2O3. The Morgan fingerprint density at radius 2 is 2.14 bits per heavy atom. The van der Waals surface area contributed by atoms with E-state index in [0.717, 1.165) is 30.8 Å². The van der Waals surface area contributed by atoms with E-state index in [1.54, 1.807) is 4.90 Å². The van der Waals surface area contributed by atoms with E-state index in [2.05, 4.69) is 4.90 Å². The van der Waals surface area contributed by atoms with Gasteiger partial charge in [0.05, 0.1) is 13.2 Å². The van der Waals surface area contributed by atoms with E-state index in [9.17, 15) is 4.79 Å². The Kier molecular flexibility index (Phi) is 6.21. The second kappa shape index (κ2) is 8.15. The zero-order valence-electron chi connectivity index (χ0n) is 13.5. The number of rotatable bonds is 7. The number of likely N-dealkylation sites (tertiary alicyclic amines) is 1. The van der Waals surface area contributed by atoms with Crippen LogP contribution in [0.2, 0.25) is 0 Å². The minimum Gasteiger partial charge on any atom is -0.494 e. The van der Waals surface area contributed by atoms with Gasteiger partial charge in [-0.05, 0) is 43.5 Å². The molecule has 5 nitrogen and oxygen atoms in total. The first-order chi connectivity index (χ1) is 10.6. The van der Waals surface area contributed by atoms with E-state index < -0.39 is 0 Å². The predicted molar refractivity (Wildman–Crippen MR) is 85.7 cm³/mol. The summed E-state index contributed by atoms with van der Waals surface area (Å²) in [6.45, 7) is 5.58. The molecule has 0 aromatic heterocycles. The maximum atomic E-state index is 12.3. The quantitative estimate of drug-likeness (QED) is 0.826. The highest BCUT2D eigenvalue weighted by molar-refractivity contribution is 5.78. The van der Waals surface area contributed by atoms with Gasteiger partial charge in [-0.25, -0.2) is 0 Å². The molecule has 0 radical (unpaired) electrons. The Balaban J connectivity index is 1.80. The largest absolute Gasteiger partial charge is 0.494 e. The molecule has 122 valence electrons. The molecule has 22 heavy (non-hydrogen) atoms. The Labute approximate surface area is 132 Å². The highest BCUT2D eigenvalue weighted by Gasteiger charge is 2.24. The number of ether oxygens (including phenoxy) is 1. The van der Waals surface area contributed by atoms with Crippen LogP contribution in [0.3, 0.4) is 0 Å². The molecule has 0 saturated carbocycles. The van der Waals surface area contributed by atoms with Crippen molar-refractivity contribution in [3.05, 3.63) is 29.8 Å². The molecule has 5 heteroatoms. The Morgan fingerprint density at radius 1 is 1.41 bits per heavy atom. The number of hydrogen-bond acceptors (Lipinski definition) is 4. The van der Waals surface area contributed by atoms with E-state index in [1.165, 1.54) is 0 Å². The minimum absolute atomic E-state index is 0.118. The summed E-state index contributed by atoms with van der Waals surface area (Å²) < 4.78 is 5.41. The van der Waals surface area contributed by atoms with Crippen molar-refractivity contribution in [3.63, 3.8) is 0 Å². The highest BCUT2D eigenvalue weighted by Crippen LogP contribution is 2.16. The van der Waals surface area contributed by atoms with Crippen LogP contribution in [0.1, 0.15) is 18.9 Å². The zero-order chi connectivity index (χ0) is 15.9. The summed E-state index contributed by atoms with van der Waals surface area (Å²) in [6, 6.07) is 7.85. The summed E-state index contributed by atoms with van der Waals surface area (Å²) in [5.74, 6) is 1.30. The number of carbonyl (C=O) groups excluding carboxylic acids is 1. The Hall–Kier alpha value is -1.59. The number of likely N-dealkylation sites (N-methyl/N-ethyl adjacent to an activating group) is 1. The van der Waals surface area contributed by atoms with Gasteiger partial charge in [0.2, 0.25) is 5.91 Å². The Bertz CT molecular complexity index is 475. The molecule has 1 amide bonds. The molecule has 2 rings (SSSR count). The van der Waals surface area contributed by atoms with Crippen LogP contribution >= 0.6 is 0 Å². The molecule has 1 aliphatic heterocycles. The van der Waals surface area contributed by atoms with Gasteiger partial charge in [0.1, 0.15) is 5.75 Å². The molecule has 1 atom stereocenters. The molecule has 1 fully saturated rings. The lowest BCUT2D eigenvalue weighted by molar-refractivity contribution is -0.131. The van der Waals surface area contributed by atoms with Gasteiger partial charge in [-0.1, -0.05) is 12.1 Å². The second-order valence-electron chi connectivity index (χ2n) is 5.90. The first-order valence-corrected chi connectivity index (χ1v) is 7.91. The lowest BCUT2D eigenvalue weighted by Gasteiger charge is -2.21. The number of amides is 1. The van der Waals surface area contributed by atoms with Crippen molar-refractivity contribution < 1.29 is 14.6 Å². The first-order valence-electron chi connectivity index (χ1n) is 7.91. The van der Waals surface area contributed by atoms with Crippen molar-refractivity contribution in [2.75, 3.05) is 39.9 Å². The predicted octanol–water partition coefficient (Wildman–Crippen LogP) is 1.36. The van der Waals surface area contributed by atoms with Crippen LogP contribution in [0.5, 0.6) is 5.75 Å². The summed E-state index contributed by atoms with van der Waals surface area (Å²) in [6.07, 6.45) is 0.979. The van der Waals surface area contributed by atoms with Crippen LogP contribution in [0.4, 0.5) is 0 Å². The fraction of sp³-hybridized carbons (Fsp3) is 0.588. The second-order valence-corrected chi connectivity index (χ2v) is 5.90. The third kappa shape index (κ3) is 4.71. The average Bonchev–Trinajstić information content (AvgIpc) is 2.97. The summed E-state index contributed by atoms with van der Waals surface area (Å²) in [5.41, 5.74) is 1.09. The molecular weight excluding hydrogens is 280 g/mol. The monoisotopic (exact) mass is 306 g/mol. The molecule has 1 N–H and O–H groups in total. The van der Waals surface area contributed by atoms with Gasteiger partial charge < -0.3 is 14.7 Å². The molecule has 1 aromatic rings. The van der Waals surface area contributed by atoms with Crippen LogP contribution in [-0.4, -0.2) is 60.7 Å². The van der Waals surface area contributed by atoms with Gasteiger partial charge in [0.15, 0.2) is 0 Å². The van der Waals surface area contributed by atoms with Crippen molar-refractivity contribution in [1.29, 1.82) is 0 Å². The van der Waals surface area contributed by atoms with Gasteiger partial charge in [-0.2, -0.15) is 0 Å². The number of hydrogen-bond donors (Lipinski definition) is 1. The maximum Gasteiger partial charge on any atom is 0.236 e. The van der Waals surface area contributed by atoms with E-state index in [4.69, 9.17) is 9.84 Å². The topological polar surface area (TPSA) is 53.0 Å². The molecule has 0 aliphatic carbocycles. The fourth-order valence-corrected chi connectivity index (χ4v) is 2.74. The maximum absolute atomic E-state index is 12.3.